The lowest BCUT2D eigenvalue weighted by Gasteiger charge is -2.44. The number of amides is 1. The monoisotopic (exact) mass is 402 g/mol. The van der Waals surface area contributed by atoms with Crippen molar-refractivity contribution in [2.45, 2.75) is 44.2 Å². The predicted molar refractivity (Wildman–Crippen MR) is 108 cm³/mol. The van der Waals surface area contributed by atoms with Crippen LogP contribution < -0.4 is 4.74 Å². The lowest BCUT2D eigenvalue weighted by atomic mass is 9.86. The SMILES string of the molecule is CC(C)(C)CS(=O)c1ccc2n1-c1ccccc1OC21CCN(C(=O)O)CC1. The van der Waals surface area contributed by atoms with E-state index in [1.54, 1.807) is 0 Å². The van der Waals surface area contributed by atoms with Crippen LogP contribution in [0.15, 0.2) is 41.4 Å². The Labute approximate surface area is 167 Å². The van der Waals surface area contributed by atoms with E-state index < -0.39 is 22.5 Å². The first-order valence-corrected chi connectivity index (χ1v) is 10.9. The predicted octanol–water partition coefficient (Wildman–Crippen LogP) is 3.99. The first kappa shape index (κ1) is 19.1. The Bertz CT molecular complexity index is 936. The molecule has 1 unspecified atom stereocenters. The number of fused-ring (bicyclic) bond motifs is 4. The molecule has 1 N–H and O–H groups in total. The van der Waals surface area contributed by atoms with E-state index >= 15 is 0 Å². The quantitative estimate of drug-likeness (QED) is 0.824. The zero-order valence-electron chi connectivity index (χ0n) is 16.5. The van der Waals surface area contributed by atoms with Gasteiger partial charge in [0.25, 0.3) is 0 Å². The molecule has 6 nitrogen and oxygen atoms in total. The highest BCUT2D eigenvalue weighted by molar-refractivity contribution is 7.85. The average molecular weight is 403 g/mol. The highest BCUT2D eigenvalue weighted by atomic mass is 32.2. The fourth-order valence-electron chi connectivity index (χ4n) is 4.08. The maximum absolute atomic E-state index is 13.2. The van der Waals surface area contributed by atoms with Crippen molar-refractivity contribution in [1.29, 1.82) is 0 Å². The Morgan fingerprint density at radius 3 is 2.50 bits per heavy atom. The molecule has 3 heterocycles. The number of nitrogens with zero attached hydrogens (tertiary/aromatic N) is 2. The van der Waals surface area contributed by atoms with E-state index in [2.05, 4.69) is 25.3 Å². The molecule has 1 saturated heterocycles. The molecular formula is C21H26N2O4S. The molecule has 1 amide bonds. The van der Waals surface area contributed by atoms with Crippen LogP contribution in [0.4, 0.5) is 4.79 Å². The number of para-hydroxylation sites is 2. The number of hydrogen-bond acceptors (Lipinski definition) is 3. The minimum atomic E-state index is -1.15. The summed E-state index contributed by atoms with van der Waals surface area (Å²) in [7, 11) is -1.15. The van der Waals surface area contributed by atoms with E-state index in [9.17, 15) is 14.1 Å². The van der Waals surface area contributed by atoms with Gasteiger partial charge < -0.3 is 14.7 Å². The van der Waals surface area contributed by atoms with Crippen molar-refractivity contribution < 1.29 is 18.8 Å². The van der Waals surface area contributed by atoms with Gasteiger partial charge in [0.05, 0.1) is 22.2 Å². The van der Waals surface area contributed by atoms with Crippen LogP contribution in [0.2, 0.25) is 0 Å². The van der Waals surface area contributed by atoms with E-state index in [0.717, 1.165) is 22.2 Å². The van der Waals surface area contributed by atoms with Crippen LogP contribution in [-0.4, -0.2) is 43.7 Å². The van der Waals surface area contributed by atoms with E-state index in [1.807, 2.05) is 36.4 Å². The number of rotatable bonds is 2. The maximum atomic E-state index is 13.2. The van der Waals surface area contributed by atoms with Crippen molar-refractivity contribution in [3.63, 3.8) is 0 Å². The van der Waals surface area contributed by atoms with Gasteiger partial charge in [-0.2, -0.15) is 0 Å². The second-order valence-corrected chi connectivity index (χ2v) is 10.2. The van der Waals surface area contributed by atoms with Crippen LogP contribution in [0.1, 0.15) is 39.3 Å². The molecule has 0 aliphatic carbocycles. The number of piperidine rings is 1. The second kappa shape index (κ2) is 6.65. The lowest BCUT2D eigenvalue weighted by Crippen LogP contribution is -2.49. The van der Waals surface area contributed by atoms with E-state index in [1.165, 1.54) is 4.90 Å². The number of aromatic nitrogens is 1. The summed E-state index contributed by atoms with van der Waals surface area (Å²) >= 11 is 0. The lowest BCUT2D eigenvalue weighted by molar-refractivity contribution is -0.00958. The Kier molecular flexibility index (Phi) is 4.53. The molecule has 2 aliphatic rings. The van der Waals surface area contributed by atoms with Gasteiger partial charge in [-0.05, 0) is 29.7 Å². The fraction of sp³-hybridized carbons (Fsp3) is 0.476. The van der Waals surface area contributed by atoms with Gasteiger partial charge in [0, 0.05) is 31.7 Å². The highest BCUT2D eigenvalue weighted by Crippen LogP contribution is 2.46. The Morgan fingerprint density at radius 2 is 1.86 bits per heavy atom. The number of carbonyl (C=O) groups is 1. The number of ether oxygens (including phenoxy) is 1. The normalized spacial score (nSPS) is 18.9. The summed E-state index contributed by atoms with van der Waals surface area (Å²) in [6.07, 6.45) is 0.250. The molecule has 7 heteroatoms. The Morgan fingerprint density at radius 1 is 1.18 bits per heavy atom. The zero-order chi connectivity index (χ0) is 20.1. The standard InChI is InChI=1S/C21H26N2O4S/c1-20(2,3)14-28(26)18-9-8-17-21(10-12-22(13-11-21)19(24)25)27-16-7-5-4-6-15(16)23(17)18/h4-9H,10-14H2,1-3H3,(H,24,25). The molecule has 0 bridgehead atoms. The number of hydrogen-bond donors (Lipinski definition) is 1. The number of benzene rings is 1. The van der Waals surface area contributed by atoms with Gasteiger partial charge in [0.15, 0.2) is 5.60 Å². The second-order valence-electron chi connectivity index (χ2n) is 8.78. The molecule has 2 aromatic rings. The third kappa shape index (κ3) is 3.21. The first-order chi connectivity index (χ1) is 13.2. The van der Waals surface area contributed by atoms with Crippen molar-refractivity contribution in [3.05, 3.63) is 42.1 Å². The summed E-state index contributed by atoms with van der Waals surface area (Å²) in [6, 6.07) is 11.7. The van der Waals surface area contributed by atoms with Crippen LogP contribution in [0.3, 0.4) is 0 Å². The molecule has 28 heavy (non-hydrogen) atoms. The average Bonchev–Trinajstić information content (AvgIpc) is 3.07. The summed E-state index contributed by atoms with van der Waals surface area (Å²) in [5, 5.41) is 10.1. The van der Waals surface area contributed by atoms with E-state index in [0.29, 0.717) is 31.7 Å². The molecule has 0 saturated carbocycles. The van der Waals surface area contributed by atoms with Crippen molar-refractivity contribution in [1.82, 2.24) is 9.47 Å². The fourth-order valence-corrected chi connectivity index (χ4v) is 5.63. The van der Waals surface area contributed by atoms with Crippen molar-refractivity contribution in [2.24, 2.45) is 5.41 Å². The summed E-state index contributed by atoms with van der Waals surface area (Å²) < 4.78 is 21.7. The third-order valence-electron chi connectivity index (χ3n) is 5.36. The van der Waals surface area contributed by atoms with Gasteiger partial charge in [-0.3, -0.25) is 8.78 Å². The summed E-state index contributed by atoms with van der Waals surface area (Å²) in [5.41, 5.74) is 1.22. The number of carboxylic acid groups (broad SMARTS) is 1. The van der Waals surface area contributed by atoms with Crippen LogP contribution in [0.5, 0.6) is 5.75 Å². The topological polar surface area (TPSA) is 71.8 Å². The largest absolute Gasteiger partial charge is 0.479 e. The van der Waals surface area contributed by atoms with Crippen molar-refractivity contribution in [2.75, 3.05) is 18.8 Å². The van der Waals surface area contributed by atoms with Gasteiger partial charge in [-0.25, -0.2) is 4.79 Å². The first-order valence-electron chi connectivity index (χ1n) is 9.57. The highest BCUT2D eigenvalue weighted by Gasteiger charge is 2.45. The van der Waals surface area contributed by atoms with Crippen LogP contribution in [0, 0.1) is 5.41 Å². The minimum Gasteiger partial charge on any atom is -0.479 e. The molecule has 1 aromatic carbocycles. The molecule has 2 aliphatic heterocycles. The van der Waals surface area contributed by atoms with E-state index in [-0.39, 0.29) is 5.41 Å². The molecule has 1 spiro atoms. The van der Waals surface area contributed by atoms with Crippen LogP contribution in [0.25, 0.3) is 5.69 Å². The molecule has 1 aromatic heterocycles. The van der Waals surface area contributed by atoms with Crippen molar-refractivity contribution in [3.8, 4) is 11.4 Å². The van der Waals surface area contributed by atoms with Gasteiger partial charge in [0.1, 0.15) is 10.8 Å². The van der Waals surface area contributed by atoms with Gasteiger partial charge in [-0.1, -0.05) is 32.9 Å². The number of likely N-dealkylation sites (tertiary alicyclic amines) is 1. The summed E-state index contributed by atoms with van der Waals surface area (Å²) in [4.78, 5) is 12.8. The molecular weight excluding hydrogens is 376 g/mol. The molecule has 4 rings (SSSR count). The van der Waals surface area contributed by atoms with Crippen molar-refractivity contribution >= 4 is 16.9 Å². The molecule has 150 valence electrons. The summed E-state index contributed by atoms with van der Waals surface area (Å²) in [6.45, 7) is 7.10. The Balaban J connectivity index is 1.79. The van der Waals surface area contributed by atoms with Gasteiger partial charge in [-0.15, -0.1) is 0 Å². The van der Waals surface area contributed by atoms with Crippen LogP contribution in [-0.2, 0) is 16.4 Å². The smallest absolute Gasteiger partial charge is 0.407 e. The molecule has 0 radical (unpaired) electrons. The van der Waals surface area contributed by atoms with Gasteiger partial charge >= 0.3 is 6.09 Å². The van der Waals surface area contributed by atoms with Crippen LogP contribution >= 0.6 is 0 Å². The zero-order valence-corrected chi connectivity index (χ0v) is 17.3. The summed E-state index contributed by atoms with van der Waals surface area (Å²) in [5.74, 6) is 1.32. The van der Waals surface area contributed by atoms with Gasteiger partial charge in [0.2, 0.25) is 0 Å². The Hall–Kier alpha value is -2.28. The third-order valence-corrected chi connectivity index (χ3v) is 7.28. The molecule has 1 fully saturated rings. The van der Waals surface area contributed by atoms with E-state index in [4.69, 9.17) is 4.74 Å². The minimum absolute atomic E-state index is 0.0508. The maximum Gasteiger partial charge on any atom is 0.407 e. The molecule has 1 atom stereocenters.